The molecule has 0 saturated carbocycles. The zero-order chi connectivity index (χ0) is 16.5. The first-order chi connectivity index (χ1) is 11.2. The van der Waals surface area contributed by atoms with Crippen LogP contribution in [0.4, 0.5) is 4.39 Å². The van der Waals surface area contributed by atoms with E-state index in [-0.39, 0.29) is 29.8 Å². The number of benzene rings is 2. The number of halogens is 2. The van der Waals surface area contributed by atoms with Crippen molar-refractivity contribution in [2.24, 2.45) is 4.99 Å². The maximum absolute atomic E-state index is 13.6. The Labute approximate surface area is 159 Å². The summed E-state index contributed by atoms with van der Waals surface area (Å²) in [5.41, 5.74) is 1.80. The van der Waals surface area contributed by atoms with E-state index in [1.54, 1.807) is 26.3 Å². The number of nitrogens with one attached hydrogen (secondary N) is 2. The van der Waals surface area contributed by atoms with Gasteiger partial charge in [0.25, 0.3) is 0 Å². The summed E-state index contributed by atoms with van der Waals surface area (Å²) in [6, 6.07) is 14.7. The summed E-state index contributed by atoms with van der Waals surface area (Å²) in [4.78, 5) is 4.14. The van der Waals surface area contributed by atoms with Gasteiger partial charge in [-0.25, -0.2) is 4.39 Å². The highest BCUT2D eigenvalue weighted by Gasteiger charge is 2.03. The summed E-state index contributed by atoms with van der Waals surface area (Å²) < 4.78 is 18.8. The van der Waals surface area contributed by atoms with Crippen LogP contribution in [0.5, 0.6) is 5.75 Å². The lowest BCUT2D eigenvalue weighted by Gasteiger charge is -2.12. The number of rotatable bonds is 6. The first-order valence-electron chi connectivity index (χ1n) is 7.54. The van der Waals surface area contributed by atoms with Crippen LogP contribution in [-0.2, 0) is 13.0 Å². The Morgan fingerprint density at radius 1 is 1.12 bits per heavy atom. The maximum atomic E-state index is 13.6. The lowest BCUT2D eigenvalue weighted by Crippen LogP contribution is -2.38. The summed E-state index contributed by atoms with van der Waals surface area (Å²) >= 11 is 0. The van der Waals surface area contributed by atoms with E-state index < -0.39 is 0 Å². The number of guanidine groups is 1. The largest absolute Gasteiger partial charge is 0.497 e. The molecule has 4 nitrogen and oxygen atoms in total. The molecule has 0 saturated heterocycles. The summed E-state index contributed by atoms with van der Waals surface area (Å²) in [7, 11) is 3.36. The van der Waals surface area contributed by atoms with Gasteiger partial charge >= 0.3 is 0 Å². The molecule has 2 aromatic rings. The third-order valence-corrected chi connectivity index (χ3v) is 3.47. The first-order valence-corrected chi connectivity index (χ1v) is 7.54. The quantitative estimate of drug-likeness (QED) is 0.409. The zero-order valence-electron chi connectivity index (χ0n) is 13.9. The van der Waals surface area contributed by atoms with Gasteiger partial charge < -0.3 is 15.4 Å². The average molecular weight is 443 g/mol. The molecule has 0 radical (unpaired) electrons. The number of methoxy groups -OCH3 is 1. The number of hydrogen-bond donors (Lipinski definition) is 2. The van der Waals surface area contributed by atoms with Crippen molar-refractivity contribution in [3.63, 3.8) is 0 Å². The Kier molecular flexibility index (Phi) is 9.14. The molecule has 0 aliphatic carbocycles. The summed E-state index contributed by atoms with van der Waals surface area (Å²) in [6.45, 7) is 1.12. The highest BCUT2D eigenvalue weighted by molar-refractivity contribution is 14.0. The Morgan fingerprint density at radius 2 is 1.92 bits per heavy atom. The van der Waals surface area contributed by atoms with Gasteiger partial charge in [0.2, 0.25) is 0 Å². The topological polar surface area (TPSA) is 45.7 Å². The molecule has 0 fully saturated rings. The van der Waals surface area contributed by atoms with Gasteiger partial charge in [0.05, 0.1) is 7.11 Å². The first kappa shape index (κ1) is 20.2. The fraction of sp³-hybridized carbons (Fsp3) is 0.278. The molecule has 0 aliphatic heterocycles. The highest BCUT2D eigenvalue weighted by Crippen LogP contribution is 2.12. The van der Waals surface area contributed by atoms with E-state index in [4.69, 9.17) is 4.74 Å². The van der Waals surface area contributed by atoms with Gasteiger partial charge in [-0.1, -0.05) is 30.3 Å². The number of aliphatic imine (C=N–C) groups is 1. The Hall–Kier alpha value is -1.83. The van der Waals surface area contributed by atoms with Crippen molar-refractivity contribution in [2.75, 3.05) is 20.7 Å². The second-order valence-electron chi connectivity index (χ2n) is 5.05. The Balaban J connectivity index is 0.00000288. The maximum Gasteiger partial charge on any atom is 0.191 e. The molecular formula is C18H23FIN3O. The fourth-order valence-electron chi connectivity index (χ4n) is 2.19. The number of ether oxygens (including phenoxy) is 1. The van der Waals surface area contributed by atoms with Crippen LogP contribution in [0.15, 0.2) is 53.5 Å². The minimum atomic E-state index is -0.216. The average Bonchev–Trinajstić information content (AvgIpc) is 2.59. The standard InChI is InChI=1S/C18H22FN3O.HI/c1-20-18(22-13-15-7-3-4-9-17(15)19)21-11-10-14-6-5-8-16(12-14)23-2;/h3-9,12H,10-11,13H2,1-2H3,(H2,20,21,22);1H. The predicted octanol–water partition coefficient (Wildman–Crippen LogP) is 3.36. The molecule has 0 spiro atoms. The summed E-state index contributed by atoms with van der Waals surface area (Å²) in [5.74, 6) is 1.28. The van der Waals surface area contributed by atoms with E-state index in [0.717, 1.165) is 18.7 Å². The molecule has 0 aliphatic rings. The van der Waals surface area contributed by atoms with Crippen molar-refractivity contribution in [2.45, 2.75) is 13.0 Å². The second kappa shape index (κ2) is 10.9. The van der Waals surface area contributed by atoms with Crippen LogP contribution in [0.2, 0.25) is 0 Å². The molecule has 0 aromatic heterocycles. The van der Waals surface area contributed by atoms with Crippen LogP contribution >= 0.6 is 24.0 Å². The predicted molar refractivity (Wildman–Crippen MR) is 107 cm³/mol. The lowest BCUT2D eigenvalue weighted by molar-refractivity contribution is 0.414. The molecule has 0 unspecified atom stereocenters. The molecule has 24 heavy (non-hydrogen) atoms. The Morgan fingerprint density at radius 3 is 2.62 bits per heavy atom. The van der Waals surface area contributed by atoms with Crippen molar-refractivity contribution in [3.05, 3.63) is 65.5 Å². The second-order valence-corrected chi connectivity index (χ2v) is 5.05. The van der Waals surface area contributed by atoms with E-state index in [0.29, 0.717) is 18.1 Å². The van der Waals surface area contributed by atoms with Crippen molar-refractivity contribution >= 4 is 29.9 Å². The van der Waals surface area contributed by atoms with Crippen molar-refractivity contribution < 1.29 is 9.13 Å². The smallest absolute Gasteiger partial charge is 0.191 e. The minimum absolute atomic E-state index is 0. The van der Waals surface area contributed by atoms with Gasteiger partial charge in [-0.05, 0) is 30.2 Å². The van der Waals surface area contributed by atoms with E-state index in [2.05, 4.69) is 21.7 Å². The molecule has 2 aromatic carbocycles. The molecule has 6 heteroatoms. The third kappa shape index (κ3) is 6.35. The van der Waals surface area contributed by atoms with Crippen LogP contribution in [0.3, 0.4) is 0 Å². The Bertz CT molecular complexity index is 664. The molecule has 0 heterocycles. The number of hydrogen-bond acceptors (Lipinski definition) is 2. The molecule has 0 bridgehead atoms. The van der Waals surface area contributed by atoms with E-state index in [1.165, 1.54) is 11.6 Å². The summed E-state index contributed by atoms with van der Waals surface area (Å²) in [5, 5.41) is 6.33. The van der Waals surface area contributed by atoms with E-state index in [9.17, 15) is 4.39 Å². The van der Waals surface area contributed by atoms with Gasteiger partial charge in [-0.3, -0.25) is 4.99 Å². The third-order valence-electron chi connectivity index (χ3n) is 3.47. The summed E-state index contributed by atoms with van der Waals surface area (Å²) in [6.07, 6.45) is 0.845. The molecule has 2 N–H and O–H groups in total. The van der Waals surface area contributed by atoms with Crippen LogP contribution in [-0.4, -0.2) is 26.7 Å². The van der Waals surface area contributed by atoms with Crippen LogP contribution in [0.1, 0.15) is 11.1 Å². The number of nitrogens with zero attached hydrogens (tertiary/aromatic N) is 1. The molecule has 0 atom stereocenters. The lowest BCUT2D eigenvalue weighted by atomic mass is 10.1. The monoisotopic (exact) mass is 443 g/mol. The zero-order valence-corrected chi connectivity index (χ0v) is 16.2. The molecule has 130 valence electrons. The van der Waals surface area contributed by atoms with E-state index >= 15 is 0 Å². The van der Waals surface area contributed by atoms with Crippen LogP contribution in [0, 0.1) is 5.82 Å². The van der Waals surface area contributed by atoms with Gasteiger partial charge in [-0.2, -0.15) is 0 Å². The van der Waals surface area contributed by atoms with Gasteiger partial charge in [0.1, 0.15) is 11.6 Å². The van der Waals surface area contributed by atoms with Crippen molar-refractivity contribution in [1.82, 2.24) is 10.6 Å². The normalized spacial score (nSPS) is 10.7. The van der Waals surface area contributed by atoms with Crippen molar-refractivity contribution in [1.29, 1.82) is 0 Å². The van der Waals surface area contributed by atoms with E-state index in [1.807, 2.05) is 24.3 Å². The minimum Gasteiger partial charge on any atom is -0.497 e. The van der Waals surface area contributed by atoms with Gasteiger partial charge in [0, 0.05) is 25.7 Å². The molecule has 2 rings (SSSR count). The van der Waals surface area contributed by atoms with Crippen LogP contribution < -0.4 is 15.4 Å². The van der Waals surface area contributed by atoms with Crippen molar-refractivity contribution in [3.8, 4) is 5.75 Å². The fourth-order valence-corrected chi connectivity index (χ4v) is 2.19. The molecular weight excluding hydrogens is 420 g/mol. The van der Waals surface area contributed by atoms with Gasteiger partial charge in [0.15, 0.2) is 5.96 Å². The molecule has 0 amide bonds. The SMILES string of the molecule is CN=C(NCCc1cccc(OC)c1)NCc1ccccc1F.I. The van der Waals surface area contributed by atoms with Gasteiger partial charge in [-0.15, -0.1) is 24.0 Å². The van der Waals surface area contributed by atoms with Crippen LogP contribution in [0.25, 0.3) is 0 Å². The highest BCUT2D eigenvalue weighted by atomic mass is 127.